The summed E-state index contributed by atoms with van der Waals surface area (Å²) < 4.78 is 7.17. The number of carboxylic acid groups (broad SMARTS) is 1. The fourth-order valence-electron chi connectivity index (χ4n) is 3.28. The molecule has 0 spiro atoms. The van der Waals surface area contributed by atoms with Crippen molar-refractivity contribution < 1.29 is 19.4 Å². The summed E-state index contributed by atoms with van der Waals surface area (Å²) in [4.78, 5) is 25.8. The van der Waals surface area contributed by atoms with E-state index in [1.165, 1.54) is 12.0 Å². The van der Waals surface area contributed by atoms with Gasteiger partial charge in [0, 0.05) is 31.7 Å². The van der Waals surface area contributed by atoms with E-state index in [0.29, 0.717) is 18.0 Å². The van der Waals surface area contributed by atoms with E-state index in [9.17, 15) is 14.7 Å². The third-order valence-corrected chi connectivity index (χ3v) is 4.73. The number of rotatable bonds is 4. The smallest absolute Gasteiger partial charge is 0.326 e. The molecule has 2 atom stereocenters. The molecule has 2 unspecified atom stereocenters. The fourth-order valence-corrected chi connectivity index (χ4v) is 3.28. The molecule has 132 valence electrons. The highest BCUT2D eigenvalue weighted by molar-refractivity contribution is 5.95. The number of ether oxygens (including phenoxy) is 1. The third kappa shape index (κ3) is 3.05. The van der Waals surface area contributed by atoms with E-state index < -0.39 is 12.0 Å². The van der Waals surface area contributed by atoms with Gasteiger partial charge in [0.05, 0.1) is 11.6 Å². The normalized spacial score (nSPS) is 24.4. The minimum absolute atomic E-state index is 0.220. The zero-order chi connectivity index (χ0) is 17.6. The Morgan fingerprint density at radius 3 is 2.50 bits per heavy atom. The van der Waals surface area contributed by atoms with Gasteiger partial charge < -0.3 is 14.7 Å². The number of hydrogen-bond donors (Lipinski definition) is 1. The summed E-state index contributed by atoms with van der Waals surface area (Å²) in [5.74, 6) is -0.869. The highest BCUT2D eigenvalue weighted by Crippen LogP contribution is 2.42. The first-order chi connectivity index (χ1) is 11.2. The van der Waals surface area contributed by atoms with Gasteiger partial charge in [-0.15, -0.1) is 0 Å². The van der Waals surface area contributed by atoms with Crippen molar-refractivity contribution in [2.24, 2.45) is 0 Å². The summed E-state index contributed by atoms with van der Waals surface area (Å²) in [6.07, 6.45) is 2.29. The number of likely N-dealkylation sites (tertiary alicyclic amines) is 1. The summed E-state index contributed by atoms with van der Waals surface area (Å²) >= 11 is 0. The minimum Gasteiger partial charge on any atom is -0.480 e. The van der Waals surface area contributed by atoms with Gasteiger partial charge in [-0.05, 0) is 39.7 Å². The van der Waals surface area contributed by atoms with Crippen LogP contribution < -0.4 is 0 Å². The first kappa shape index (κ1) is 17.0. The van der Waals surface area contributed by atoms with E-state index in [2.05, 4.69) is 25.9 Å². The number of carbonyl (C=O) groups is 2. The quantitative estimate of drug-likeness (QED) is 0.907. The second kappa shape index (κ2) is 5.88. The first-order valence-electron chi connectivity index (χ1n) is 8.39. The molecule has 7 nitrogen and oxygen atoms in total. The topological polar surface area (TPSA) is 84.7 Å². The van der Waals surface area contributed by atoms with Crippen molar-refractivity contribution in [3.05, 3.63) is 17.5 Å². The molecule has 1 aliphatic heterocycles. The van der Waals surface area contributed by atoms with Crippen molar-refractivity contribution in [2.45, 2.75) is 63.6 Å². The van der Waals surface area contributed by atoms with Gasteiger partial charge in [-0.3, -0.25) is 9.48 Å². The second-order valence-corrected chi connectivity index (χ2v) is 7.72. The Morgan fingerprint density at radius 2 is 2.00 bits per heavy atom. The maximum Gasteiger partial charge on any atom is 0.326 e. The molecule has 2 fully saturated rings. The lowest BCUT2D eigenvalue weighted by molar-refractivity contribution is -0.141. The van der Waals surface area contributed by atoms with Crippen molar-refractivity contribution in [2.75, 3.05) is 13.7 Å². The molecule has 1 saturated carbocycles. The molecular formula is C17H25N3O4. The number of carbonyl (C=O) groups excluding carboxylic acids is 1. The molecular weight excluding hydrogens is 310 g/mol. The predicted octanol–water partition coefficient (Wildman–Crippen LogP) is 1.83. The number of nitrogens with zero attached hydrogens (tertiary/aromatic N) is 3. The Bertz CT molecular complexity index is 657. The highest BCUT2D eigenvalue weighted by Gasteiger charge is 2.42. The van der Waals surface area contributed by atoms with Crippen LogP contribution in [0.3, 0.4) is 0 Å². The molecule has 1 N–H and O–H groups in total. The number of hydrogen-bond acceptors (Lipinski definition) is 4. The van der Waals surface area contributed by atoms with E-state index in [0.717, 1.165) is 18.5 Å². The van der Waals surface area contributed by atoms with Crippen LogP contribution in [0.5, 0.6) is 0 Å². The summed E-state index contributed by atoms with van der Waals surface area (Å²) in [5, 5.41) is 13.9. The van der Waals surface area contributed by atoms with Crippen molar-refractivity contribution >= 4 is 11.9 Å². The van der Waals surface area contributed by atoms with E-state index in [1.807, 2.05) is 10.7 Å². The molecule has 0 radical (unpaired) electrons. The molecule has 24 heavy (non-hydrogen) atoms. The van der Waals surface area contributed by atoms with Crippen molar-refractivity contribution in [3.8, 4) is 0 Å². The van der Waals surface area contributed by atoms with Gasteiger partial charge in [-0.2, -0.15) is 5.10 Å². The number of methoxy groups -OCH3 is 1. The van der Waals surface area contributed by atoms with Crippen LogP contribution in [-0.4, -0.2) is 57.5 Å². The molecule has 2 heterocycles. The Morgan fingerprint density at radius 1 is 1.33 bits per heavy atom. The maximum atomic E-state index is 12.9. The zero-order valence-corrected chi connectivity index (χ0v) is 14.7. The van der Waals surface area contributed by atoms with Gasteiger partial charge in [-0.25, -0.2) is 4.79 Å². The van der Waals surface area contributed by atoms with Crippen LogP contribution in [-0.2, 0) is 15.1 Å². The molecule has 1 aromatic rings. The van der Waals surface area contributed by atoms with E-state index in [4.69, 9.17) is 4.74 Å². The van der Waals surface area contributed by atoms with Gasteiger partial charge in [0.1, 0.15) is 6.04 Å². The SMILES string of the molecule is COC1CC(C(=O)O)N(C(=O)c2cc(C3CC3)n(C(C)(C)C)n2)C1. The van der Waals surface area contributed by atoms with Crippen LogP contribution in [0.1, 0.15) is 62.1 Å². The molecule has 3 rings (SSSR count). The molecule has 1 amide bonds. The van der Waals surface area contributed by atoms with Crippen LogP contribution in [0.4, 0.5) is 0 Å². The van der Waals surface area contributed by atoms with E-state index in [-0.39, 0.29) is 24.1 Å². The van der Waals surface area contributed by atoms with Crippen LogP contribution in [0, 0.1) is 0 Å². The number of aromatic nitrogens is 2. The second-order valence-electron chi connectivity index (χ2n) is 7.72. The average Bonchev–Trinajstić information content (AvgIpc) is 3.10. The summed E-state index contributed by atoms with van der Waals surface area (Å²) in [6, 6.07) is 0.983. The number of amides is 1. The summed E-state index contributed by atoms with van der Waals surface area (Å²) in [5.41, 5.74) is 1.18. The number of aliphatic carboxylic acids is 1. The third-order valence-electron chi connectivity index (χ3n) is 4.73. The minimum atomic E-state index is -0.999. The van der Waals surface area contributed by atoms with Crippen LogP contribution in [0.25, 0.3) is 0 Å². The molecule has 2 aliphatic rings. The Labute approximate surface area is 141 Å². The lowest BCUT2D eigenvalue weighted by Gasteiger charge is -2.23. The van der Waals surface area contributed by atoms with Gasteiger partial charge in [-0.1, -0.05) is 0 Å². The Balaban J connectivity index is 1.91. The van der Waals surface area contributed by atoms with Gasteiger partial charge >= 0.3 is 5.97 Å². The number of carboxylic acids is 1. The predicted molar refractivity (Wildman–Crippen MR) is 87.1 cm³/mol. The Hall–Kier alpha value is -1.89. The van der Waals surface area contributed by atoms with Crippen molar-refractivity contribution in [3.63, 3.8) is 0 Å². The van der Waals surface area contributed by atoms with E-state index >= 15 is 0 Å². The molecule has 1 aliphatic carbocycles. The van der Waals surface area contributed by atoms with Gasteiger partial charge in [0.2, 0.25) is 0 Å². The molecule has 0 bridgehead atoms. The van der Waals surface area contributed by atoms with Gasteiger partial charge in [0.25, 0.3) is 5.91 Å². The molecule has 7 heteroatoms. The van der Waals surface area contributed by atoms with Crippen molar-refractivity contribution in [1.29, 1.82) is 0 Å². The maximum absolute atomic E-state index is 12.9. The lowest BCUT2D eigenvalue weighted by Crippen LogP contribution is -2.41. The first-order valence-corrected chi connectivity index (χ1v) is 8.39. The van der Waals surface area contributed by atoms with Gasteiger partial charge in [0.15, 0.2) is 5.69 Å². The molecule has 1 saturated heterocycles. The molecule has 1 aromatic heterocycles. The zero-order valence-electron chi connectivity index (χ0n) is 14.7. The molecule has 0 aromatic carbocycles. The van der Waals surface area contributed by atoms with Crippen molar-refractivity contribution in [1.82, 2.24) is 14.7 Å². The largest absolute Gasteiger partial charge is 0.480 e. The van der Waals surface area contributed by atoms with Crippen LogP contribution in [0.2, 0.25) is 0 Å². The van der Waals surface area contributed by atoms with Crippen LogP contribution in [0.15, 0.2) is 6.07 Å². The standard InChI is InChI=1S/C17H25N3O4/c1-17(2,3)20-13(10-5-6-10)8-12(18-20)15(21)19-9-11(24-4)7-14(19)16(22)23/h8,10-11,14H,5-7,9H2,1-4H3,(H,22,23). The highest BCUT2D eigenvalue weighted by atomic mass is 16.5. The van der Waals surface area contributed by atoms with E-state index in [1.54, 1.807) is 0 Å². The fraction of sp³-hybridized carbons (Fsp3) is 0.706. The monoisotopic (exact) mass is 335 g/mol. The summed E-state index contributed by atoms with van der Waals surface area (Å²) in [7, 11) is 1.54. The van der Waals surface area contributed by atoms with Crippen LogP contribution >= 0.6 is 0 Å². The lowest BCUT2D eigenvalue weighted by atomic mass is 10.1. The Kier molecular flexibility index (Phi) is 4.15. The summed E-state index contributed by atoms with van der Waals surface area (Å²) in [6.45, 7) is 6.44. The average molecular weight is 335 g/mol.